The molecule has 0 aliphatic carbocycles. The van der Waals surface area contributed by atoms with Crippen LogP contribution in [0.4, 0.5) is 11.4 Å². The van der Waals surface area contributed by atoms with E-state index in [1.807, 2.05) is 31.2 Å². The van der Waals surface area contributed by atoms with Crippen molar-refractivity contribution in [3.05, 3.63) is 54.1 Å². The van der Waals surface area contributed by atoms with Gasteiger partial charge in [-0.25, -0.2) is 0 Å². The molecule has 7 nitrogen and oxygen atoms in total. The van der Waals surface area contributed by atoms with Crippen LogP contribution < -0.4 is 20.3 Å². The van der Waals surface area contributed by atoms with Gasteiger partial charge in [0, 0.05) is 24.5 Å². The standard InChI is InChI=1S/C25H30N4O3/c1-3-7-23(28-24(30)18(2)32-22-12-10-19(17-26)11-13-22)25(31)27-20-8-6-9-21(16-20)29-14-4-5-15-29/h6,8-13,16,18,23H,3-5,7,14-15H2,1-2H3,(H,27,31)(H,28,30). The number of carbonyl (C=O) groups is 2. The normalized spacial score (nSPS) is 14.8. The summed E-state index contributed by atoms with van der Waals surface area (Å²) in [6.45, 7) is 5.66. The first-order chi connectivity index (χ1) is 15.5. The lowest BCUT2D eigenvalue weighted by atomic mass is 10.1. The van der Waals surface area contributed by atoms with E-state index in [9.17, 15) is 9.59 Å². The summed E-state index contributed by atoms with van der Waals surface area (Å²) in [6.07, 6.45) is 2.85. The number of hydrogen-bond acceptors (Lipinski definition) is 5. The van der Waals surface area contributed by atoms with Crippen molar-refractivity contribution in [3.8, 4) is 11.8 Å². The summed E-state index contributed by atoms with van der Waals surface area (Å²) < 4.78 is 5.67. The fourth-order valence-electron chi connectivity index (χ4n) is 3.70. The van der Waals surface area contributed by atoms with Gasteiger partial charge in [-0.05, 0) is 68.7 Å². The molecule has 1 aliphatic rings. The molecule has 2 unspecified atom stereocenters. The smallest absolute Gasteiger partial charge is 0.261 e. The Morgan fingerprint density at radius 3 is 2.50 bits per heavy atom. The van der Waals surface area contributed by atoms with E-state index < -0.39 is 12.1 Å². The maximum atomic E-state index is 12.9. The lowest BCUT2D eigenvalue weighted by molar-refractivity contribution is -0.131. The van der Waals surface area contributed by atoms with Gasteiger partial charge in [0.15, 0.2) is 6.10 Å². The number of rotatable bonds is 9. The molecule has 7 heteroatoms. The number of benzene rings is 2. The summed E-state index contributed by atoms with van der Waals surface area (Å²) in [6, 6.07) is 15.8. The van der Waals surface area contributed by atoms with Crippen molar-refractivity contribution in [2.24, 2.45) is 0 Å². The maximum absolute atomic E-state index is 12.9. The Kier molecular flexibility index (Phi) is 8.09. The van der Waals surface area contributed by atoms with Gasteiger partial charge in [-0.2, -0.15) is 5.26 Å². The highest BCUT2D eigenvalue weighted by molar-refractivity contribution is 5.98. The first kappa shape index (κ1) is 23.1. The molecule has 1 saturated heterocycles. The summed E-state index contributed by atoms with van der Waals surface area (Å²) in [7, 11) is 0. The summed E-state index contributed by atoms with van der Waals surface area (Å²) in [5.74, 6) is -0.125. The number of anilines is 2. The van der Waals surface area contributed by atoms with E-state index in [2.05, 4.69) is 21.6 Å². The van der Waals surface area contributed by atoms with Crippen molar-refractivity contribution in [1.82, 2.24) is 5.32 Å². The van der Waals surface area contributed by atoms with Crippen LogP contribution in [0.2, 0.25) is 0 Å². The molecule has 2 aromatic rings. The molecule has 2 atom stereocenters. The predicted molar refractivity (Wildman–Crippen MR) is 125 cm³/mol. The zero-order valence-electron chi connectivity index (χ0n) is 18.6. The molecule has 2 aromatic carbocycles. The van der Waals surface area contributed by atoms with Crippen LogP contribution in [0.25, 0.3) is 0 Å². The van der Waals surface area contributed by atoms with Crippen LogP contribution in [0.3, 0.4) is 0 Å². The van der Waals surface area contributed by atoms with Crippen LogP contribution in [0, 0.1) is 11.3 Å². The molecular weight excluding hydrogens is 404 g/mol. The largest absolute Gasteiger partial charge is 0.481 e. The van der Waals surface area contributed by atoms with Gasteiger partial charge in [-0.15, -0.1) is 0 Å². The second kappa shape index (κ2) is 11.2. The number of nitrogens with zero attached hydrogens (tertiary/aromatic N) is 2. The molecule has 0 bridgehead atoms. The predicted octanol–water partition coefficient (Wildman–Crippen LogP) is 3.85. The Balaban J connectivity index is 1.59. The monoisotopic (exact) mass is 434 g/mol. The molecule has 0 spiro atoms. The number of nitriles is 1. The average molecular weight is 435 g/mol. The van der Waals surface area contributed by atoms with E-state index in [1.54, 1.807) is 31.2 Å². The zero-order chi connectivity index (χ0) is 22.9. The van der Waals surface area contributed by atoms with Gasteiger partial charge >= 0.3 is 0 Å². The lowest BCUT2D eigenvalue weighted by Crippen LogP contribution is -2.48. The molecule has 0 aromatic heterocycles. The van der Waals surface area contributed by atoms with Crippen molar-refractivity contribution in [2.75, 3.05) is 23.3 Å². The minimum absolute atomic E-state index is 0.246. The molecule has 1 fully saturated rings. The summed E-state index contributed by atoms with van der Waals surface area (Å²) in [4.78, 5) is 27.9. The van der Waals surface area contributed by atoms with Crippen LogP contribution in [0.15, 0.2) is 48.5 Å². The van der Waals surface area contributed by atoms with Crippen LogP contribution in [-0.2, 0) is 9.59 Å². The number of hydrogen-bond donors (Lipinski definition) is 2. The molecule has 3 rings (SSSR count). The van der Waals surface area contributed by atoms with E-state index in [4.69, 9.17) is 10.00 Å². The maximum Gasteiger partial charge on any atom is 0.261 e. The van der Waals surface area contributed by atoms with Gasteiger partial charge in [0.2, 0.25) is 5.91 Å². The molecule has 1 heterocycles. The molecule has 168 valence electrons. The van der Waals surface area contributed by atoms with Gasteiger partial charge in [0.05, 0.1) is 11.6 Å². The second-order valence-corrected chi connectivity index (χ2v) is 7.98. The molecule has 1 aliphatic heterocycles. The highest BCUT2D eigenvalue weighted by Gasteiger charge is 2.24. The number of carbonyl (C=O) groups excluding carboxylic acids is 2. The Bertz CT molecular complexity index is 962. The van der Waals surface area contributed by atoms with Crippen LogP contribution in [0.5, 0.6) is 5.75 Å². The summed E-state index contributed by atoms with van der Waals surface area (Å²) in [5.41, 5.74) is 2.33. The topological polar surface area (TPSA) is 94.5 Å². The van der Waals surface area contributed by atoms with Crippen molar-refractivity contribution < 1.29 is 14.3 Å². The molecule has 0 radical (unpaired) electrons. The van der Waals surface area contributed by atoms with Crippen molar-refractivity contribution in [3.63, 3.8) is 0 Å². The highest BCUT2D eigenvalue weighted by Crippen LogP contribution is 2.23. The fourth-order valence-corrected chi connectivity index (χ4v) is 3.70. The fraction of sp³-hybridized carbons (Fsp3) is 0.400. The molecule has 2 amide bonds. The summed E-state index contributed by atoms with van der Waals surface area (Å²) >= 11 is 0. The average Bonchev–Trinajstić information content (AvgIpc) is 3.34. The molecule has 0 saturated carbocycles. The van der Waals surface area contributed by atoms with E-state index in [1.165, 1.54) is 12.8 Å². The van der Waals surface area contributed by atoms with Gasteiger partial charge < -0.3 is 20.3 Å². The number of nitrogens with one attached hydrogen (secondary N) is 2. The number of amides is 2. The van der Waals surface area contributed by atoms with Gasteiger partial charge in [0.25, 0.3) is 5.91 Å². The van der Waals surface area contributed by atoms with E-state index in [0.29, 0.717) is 17.7 Å². The Hall–Kier alpha value is -3.53. The Morgan fingerprint density at radius 2 is 1.84 bits per heavy atom. The van der Waals surface area contributed by atoms with Crippen molar-refractivity contribution in [2.45, 2.75) is 51.7 Å². The Labute approximate surface area is 189 Å². The van der Waals surface area contributed by atoms with Crippen LogP contribution in [0.1, 0.15) is 45.1 Å². The minimum Gasteiger partial charge on any atom is -0.481 e. The van der Waals surface area contributed by atoms with Crippen LogP contribution >= 0.6 is 0 Å². The first-order valence-corrected chi connectivity index (χ1v) is 11.1. The Morgan fingerprint density at radius 1 is 1.12 bits per heavy atom. The van der Waals surface area contributed by atoms with Crippen LogP contribution in [-0.4, -0.2) is 37.0 Å². The highest BCUT2D eigenvalue weighted by atomic mass is 16.5. The molecule has 2 N–H and O–H groups in total. The quantitative estimate of drug-likeness (QED) is 0.625. The van der Waals surface area contributed by atoms with Crippen molar-refractivity contribution in [1.29, 1.82) is 5.26 Å². The summed E-state index contributed by atoms with van der Waals surface area (Å²) in [5, 5.41) is 14.6. The lowest BCUT2D eigenvalue weighted by Gasteiger charge is -2.22. The van der Waals surface area contributed by atoms with E-state index in [-0.39, 0.29) is 11.8 Å². The van der Waals surface area contributed by atoms with Gasteiger partial charge in [-0.3, -0.25) is 9.59 Å². The minimum atomic E-state index is -0.784. The second-order valence-electron chi connectivity index (χ2n) is 7.98. The third-order valence-electron chi connectivity index (χ3n) is 5.46. The van der Waals surface area contributed by atoms with Crippen molar-refractivity contribution >= 4 is 23.2 Å². The van der Waals surface area contributed by atoms with Gasteiger partial charge in [0.1, 0.15) is 11.8 Å². The SMILES string of the molecule is CCCC(NC(=O)C(C)Oc1ccc(C#N)cc1)C(=O)Nc1cccc(N2CCCC2)c1. The van der Waals surface area contributed by atoms with E-state index in [0.717, 1.165) is 30.9 Å². The third-order valence-corrected chi connectivity index (χ3v) is 5.46. The van der Waals surface area contributed by atoms with Gasteiger partial charge in [-0.1, -0.05) is 19.4 Å². The first-order valence-electron chi connectivity index (χ1n) is 11.1. The zero-order valence-corrected chi connectivity index (χ0v) is 18.6. The third kappa shape index (κ3) is 6.24. The molecular formula is C25H30N4O3. The number of ether oxygens (including phenoxy) is 1. The molecule has 32 heavy (non-hydrogen) atoms. The van der Waals surface area contributed by atoms with E-state index >= 15 is 0 Å².